The number of aromatic nitrogens is 2. The highest BCUT2D eigenvalue weighted by atomic mass is 32.2. The average molecular weight is 593 g/mol. The second-order valence-corrected chi connectivity index (χ2v) is 13.7. The minimum absolute atomic E-state index is 0.0527. The number of aliphatic carboxylic acids is 1. The molecule has 1 aromatic carbocycles. The van der Waals surface area contributed by atoms with Gasteiger partial charge < -0.3 is 10.4 Å². The normalized spacial score (nSPS) is 19.0. The third kappa shape index (κ3) is 6.81. The first-order valence-electron chi connectivity index (χ1n) is 13.4. The van der Waals surface area contributed by atoms with Gasteiger partial charge in [-0.1, -0.05) is 20.3 Å². The van der Waals surface area contributed by atoms with Crippen molar-refractivity contribution in [3.8, 4) is 0 Å². The van der Waals surface area contributed by atoms with Gasteiger partial charge in [-0.2, -0.15) is 17.5 Å². The Morgan fingerprint density at radius 3 is 2.39 bits per heavy atom. The molecule has 2 N–H and O–H groups in total. The van der Waals surface area contributed by atoms with Gasteiger partial charge >= 0.3 is 12.1 Å². The zero-order valence-electron chi connectivity index (χ0n) is 23.5. The van der Waals surface area contributed by atoms with E-state index in [9.17, 15) is 21.6 Å². The number of alkyl halides is 3. The number of hydrogen-bond acceptors (Lipinski definition) is 6. The summed E-state index contributed by atoms with van der Waals surface area (Å²) in [7, 11) is -3.52. The monoisotopic (exact) mass is 592 g/mol. The van der Waals surface area contributed by atoms with Crippen molar-refractivity contribution in [1.29, 1.82) is 0 Å². The molecule has 12 heteroatoms. The van der Waals surface area contributed by atoms with Gasteiger partial charge in [-0.3, -0.25) is 4.98 Å². The number of rotatable bonds is 6. The Morgan fingerprint density at radius 1 is 1.15 bits per heavy atom. The number of benzene rings is 1. The lowest BCUT2D eigenvalue weighted by Gasteiger charge is -2.38. The molecule has 2 aliphatic rings. The summed E-state index contributed by atoms with van der Waals surface area (Å²) >= 11 is 0. The van der Waals surface area contributed by atoms with Crippen molar-refractivity contribution < 1.29 is 31.5 Å². The van der Waals surface area contributed by atoms with Crippen molar-refractivity contribution in [3.05, 3.63) is 59.9 Å². The highest BCUT2D eigenvalue weighted by Crippen LogP contribution is 2.51. The fraction of sp³-hybridized carbons (Fsp3) is 0.483. The number of aryl methyl sites for hydroxylation is 1. The molecular weight excluding hydrogens is 557 g/mol. The molecule has 1 saturated heterocycles. The van der Waals surface area contributed by atoms with Gasteiger partial charge in [0.15, 0.2) is 0 Å². The molecule has 0 bridgehead atoms. The number of hydrogen-bond donors (Lipinski definition) is 2. The zero-order chi connectivity index (χ0) is 30.2. The Hall–Kier alpha value is -3.25. The minimum atomic E-state index is -5.08. The predicted molar refractivity (Wildman–Crippen MR) is 150 cm³/mol. The Kier molecular flexibility index (Phi) is 8.39. The molecule has 1 atom stereocenters. The van der Waals surface area contributed by atoms with Gasteiger partial charge in [0.25, 0.3) is 0 Å². The fourth-order valence-corrected chi connectivity index (χ4v) is 7.23. The van der Waals surface area contributed by atoms with Crippen LogP contribution in [0.25, 0.3) is 10.9 Å². The van der Waals surface area contributed by atoms with Crippen molar-refractivity contribution in [2.75, 3.05) is 18.4 Å². The zero-order valence-corrected chi connectivity index (χ0v) is 24.3. The molecule has 222 valence electrons. The summed E-state index contributed by atoms with van der Waals surface area (Å²) in [6, 6.07) is 13.3. The number of pyridine rings is 2. The topological polar surface area (TPSA) is 112 Å². The van der Waals surface area contributed by atoms with E-state index in [1.165, 1.54) is 12.0 Å². The molecule has 41 heavy (non-hydrogen) atoms. The van der Waals surface area contributed by atoms with Gasteiger partial charge in [0.2, 0.25) is 10.0 Å². The fourth-order valence-electron chi connectivity index (χ4n) is 5.45. The van der Waals surface area contributed by atoms with Crippen LogP contribution < -0.4 is 5.32 Å². The van der Waals surface area contributed by atoms with Crippen LogP contribution in [0.2, 0.25) is 0 Å². The summed E-state index contributed by atoms with van der Waals surface area (Å²) in [4.78, 5) is 18.5. The molecule has 1 spiro atoms. The van der Waals surface area contributed by atoms with E-state index < -0.39 is 22.2 Å². The first-order chi connectivity index (χ1) is 19.0. The van der Waals surface area contributed by atoms with E-state index in [2.05, 4.69) is 37.1 Å². The highest BCUT2D eigenvalue weighted by molar-refractivity contribution is 7.89. The van der Waals surface area contributed by atoms with Crippen molar-refractivity contribution in [1.82, 2.24) is 14.3 Å². The molecule has 0 amide bonds. The van der Waals surface area contributed by atoms with E-state index >= 15 is 0 Å². The van der Waals surface area contributed by atoms with Gasteiger partial charge in [-0.25, -0.2) is 18.2 Å². The number of nitrogens with one attached hydrogen (secondary N) is 1. The number of halogens is 3. The standard InChI is InChI=1S/C27H34N4O2S.C2HF3O2/c1-19-10-13-28-24(14-19)26(3,4)17-29-25-9-6-21-15-22(7-8-23(21)30-25)34(32,33)31-18-27(11-5-12-27)16-20(31)2;3-2(4,5)1(6)7/h6-10,13-15,20H,5,11-12,16-18H2,1-4H3,(H,29,30);(H,6,7)/t20-;/m0./s1. The van der Waals surface area contributed by atoms with E-state index in [0.29, 0.717) is 18.0 Å². The quantitative estimate of drug-likeness (QED) is 0.366. The van der Waals surface area contributed by atoms with Crippen LogP contribution in [0.15, 0.2) is 53.6 Å². The first-order valence-corrected chi connectivity index (χ1v) is 14.9. The van der Waals surface area contributed by atoms with E-state index in [1.54, 1.807) is 16.4 Å². The molecule has 8 nitrogen and oxygen atoms in total. The molecule has 1 aliphatic heterocycles. The van der Waals surface area contributed by atoms with Gasteiger partial charge in [-0.05, 0) is 86.6 Å². The number of sulfonamides is 1. The lowest BCUT2D eigenvalue weighted by Crippen LogP contribution is -2.37. The van der Waals surface area contributed by atoms with Crippen LogP contribution in [0.3, 0.4) is 0 Å². The van der Waals surface area contributed by atoms with Crippen LogP contribution in [-0.2, 0) is 20.2 Å². The molecule has 0 radical (unpaired) electrons. The van der Waals surface area contributed by atoms with Crippen LogP contribution >= 0.6 is 0 Å². The third-order valence-electron chi connectivity index (χ3n) is 7.96. The van der Waals surface area contributed by atoms with Crippen molar-refractivity contribution in [2.45, 2.75) is 75.9 Å². The van der Waals surface area contributed by atoms with Gasteiger partial charge in [0.05, 0.1) is 10.4 Å². The number of fused-ring (bicyclic) bond motifs is 1. The molecule has 5 rings (SSSR count). The van der Waals surface area contributed by atoms with Crippen LogP contribution in [-0.4, -0.2) is 59.1 Å². The minimum Gasteiger partial charge on any atom is -0.475 e. The Balaban J connectivity index is 0.000000493. The molecular formula is C29H35F3N4O4S. The number of anilines is 1. The molecule has 1 aliphatic carbocycles. The smallest absolute Gasteiger partial charge is 0.475 e. The van der Waals surface area contributed by atoms with E-state index in [-0.39, 0.29) is 16.9 Å². The maximum Gasteiger partial charge on any atom is 0.490 e. The molecule has 2 aromatic heterocycles. The van der Waals surface area contributed by atoms with Crippen molar-refractivity contribution >= 4 is 32.7 Å². The van der Waals surface area contributed by atoms with Crippen LogP contribution in [0.4, 0.5) is 19.0 Å². The average Bonchev–Trinajstić information content (AvgIpc) is 3.26. The van der Waals surface area contributed by atoms with E-state index in [0.717, 1.165) is 41.7 Å². The van der Waals surface area contributed by atoms with Crippen molar-refractivity contribution in [2.24, 2.45) is 5.41 Å². The Bertz CT molecular complexity index is 1540. The molecule has 3 aromatic rings. The largest absolute Gasteiger partial charge is 0.490 e. The lowest BCUT2D eigenvalue weighted by atomic mass is 9.68. The third-order valence-corrected chi connectivity index (χ3v) is 9.91. The van der Waals surface area contributed by atoms with Gasteiger partial charge in [-0.15, -0.1) is 0 Å². The van der Waals surface area contributed by atoms with Crippen LogP contribution in [0.5, 0.6) is 0 Å². The van der Waals surface area contributed by atoms with E-state index in [4.69, 9.17) is 14.9 Å². The Morgan fingerprint density at radius 2 is 1.83 bits per heavy atom. The summed E-state index contributed by atoms with van der Waals surface area (Å²) in [6.07, 6.45) is 1.26. The van der Waals surface area contributed by atoms with Crippen LogP contribution in [0, 0.1) is 12.3 Å². The van der Waals surface area contributed by atoms with Gasteiger partial charge in [0.1, 0.15) is 5.82 Å². The second kappa shape index (κ2) is 11.2. The molecule has 0 unspecified atom stereocenters. The lowest BCUT2D eigenvalue weighted by molar-refractivity contribution is -0.192. The molecule has 3 heterocycles. The van der Waals surface area contributed by atoms with Gasteiger partial charge in [0, 0.05) is 41.8 Å². The van der Waals surface area contributed by atoms with E-state index in [1.807, 2.05) is 37.4 Å². The summed E-state index contributed by atoms with van der Waals surface area (Å²) < 4.78 is 60.3. The first kappa shape index (κ1) is 30.7. The maximum absolute atomic E-state index is 13.4. The highest BCUT2D eigenvalue weighted by Gasteiger charge is 2.50. The van der Waals surface area contributed by atoms with Crippen LogP contribution in [0.1, 0.15) is 57.7 Å². The number of carboxylic acid groups (broad SMARTS) is 1. The molecule has 1 saturated carbocycles. The summed E-state index contributed by atoms with van der Waals surface area (Å²) in [5.41, 5.74) is 3.06. The SMILES string of the molecule is Cc1ccnc(C(C)(C)CNc2ccc3cc(S(=O)(=O)N4CC5(CCC5)C[C@@H]4C)ccc3n2)c1.O=C(O)C(F)(F)F. The number of carboxylic acids is 1. The molecule has 2 fully saturated rings. The Labute approximate surface area is 238 Å². The number of carbonyl (C=O) groups is 1. The summed E-state index contributed by atoms with van der Waals surface area (Å²) in [5, 5.41) is 11.4. The maximum atomic E-state index is 13.4. The second-order valence-electron chi connectivity index (χ2n) is 11.8. The number of nitrogens with zero attached hydrogens (tertiary/aromatic N) is 3. The van der Waals surface area contributed by atoms with Crippen molar-refractivity contribution in [3.63, 3.8) is 0 Å². The predicted octanol–water partition coefficient (Wildman–Crippen LogP) is 5.91. The summed E-state index contributed by atoms with van der Waals surface area (Å²) in [5.74, 6) is -1.99. The summed E-state index contributed by atoms with van der Waals surface area (Å²) in [6.45, 7) is 9.77.